The predicted octanol–water partition coefficient (Wildman–Crippen LogP) is 3.41. The van der Waals surface area contributed by atoms with Gasteiger partial charge in [-0.2, -0.15) is 0 Å². The van der Waals surface area contributed by atoms with Gasteiger partial charge in [0, 0.05) is 33.2 Å². The van der Waals surface area contributed by atoms with Gasteiger partial charge in [-0.25, -0.2) is 0 Å². The van der Waals surface area contributed by atoms with Crippen molar-refractivity contribution in [2.45, 2.75) is 72.2 Å². The summed E-state index contributed by atoms with van der Waals surface area (Å²) in [7, 11) is 2.11. The molecule has 0 bridgehead atoms. The molecule has 1 heterocycles. The highest BCUT2D eigenvalue weighted by Crippen LogP contribution is 2.27. The second kappa shape index (κ2) is 11.4. The molecule has 0 radical (unpaired) electrons. The SMILES string of the molecule is CC(C)OC(=O)CC1CCCC1.Cc1ncc(COP)c(CO)c1O. The summed E-state index contributed by atoms with van der Waals surface area (Å²) >= 11 is 0. The van der Waals surface area contributed by atoms with Gasteiger partial charge in [0.2, 0.25) is 0 Å². The van der Waals surface area contributed by atoms with Crippen LogP contribution in [0.3, 0.4) is 0 Å². The molecule has 1 saturated carbocycles. The quantitative estimate of drug-likeness (QED) is 0.588. The molecular formula is C18H30NO5P. The van der Waals surface area contributed by atoms with E-state index in [-0.39, 0.29) is 24.4 Å². The molecule has 25 heavy (non-hydrogen) atoms. The molecule has 1 fully saturated rings. The lowest BCUT2D eigenvalue weighted by Crippen LogP contribution is -2.14. The first-order chi connectivity index (χ1) is 11.9. The third-order valence-corrected chi connectivity index (χ3v) is 4.29. The Morgan fingerprint density at radius 2 is 2.04 bits per heavy atom. The first-order valence-corrected chi connectivity index (χ1v) is 9.14. The maximum Gasteiger partial charge on any atom is 0.306 e. The van der Waals surface area contributed by atoms with Gasteiger partial charge in [-0.1, -0.05) is 12.8 Å². The third-order valence-electron chi connectivity index (χ3n) is 4.12. The van der Waals surface area contributed by atoms with Gasteiger partial charge in [-0.05, 0) is 39.5 Å². The van der Waals surface area contributed by atoms with Crippen LogP contribution < -0.4 is 0 Å². The van der Waals surface area contributed by atoms with Gasteiger partial charge >= 0.3 is 5.97 Å². The zero-order valence-electron chi connectivity index (χ0n) is 15.3. The molecule has 1 atom stereocenters. The van der Waals surface area contributed by atoms with E-state index in [1.54, 1.807) is 13.1 Å². The fourth-order valence-electron chi connectivity index (χ4n) is 2.84. The lowest BCUT2D eigenvalue weighted by Gasteiger charge is -2.10. The molecule has 0 saturated heterocycles. The van der Waals surface area contributed by atoms with Gasteiger partial charge in [-0.15, -0.1) is 0 Å². The second-order valence-electron chi connectivity index (χ2n) is 6.56. The number of aliphatic hydroxyl groups excluding tert-OH is 1. The van der Waals surface area contributed by atoms with Crippen LogP contribution in [0, 0.1) is 12.8 Å². The standard InChI is InChI=1S/C10H18O2.C8H12NO3P/c1-8(2)12-10(11)7-9-5-3-4-6-9;1-5-8(11)7(3-10)6(2-9-5)4-12-13/h8-9H,3-7H2,1-2H3;2,10-11H,3-4,13H2,1H3. The molecule has 7 heteroatoms. The normalized spacial score (nSPS) is 14.3. The first-order valence-electron chi connectivity index (χ1n) is 8.67. The van der Waals surface area contributed by atoms with Crippen LogP contribution in [0.25, 0.3) is 0 Å². The highest BCUT2D eigenvalue weighted by atomic mass is 31.0. The van der Waals surface area contributed by atoms with Crippen molar-refractivity contribution >= 4 is 15.4 Å². The Kier molecular flexibility index (Phi) is 9.94. The summed E-state index contributed by atoms with van der Waals surface area (Å²) < 4.78 is 9.89. The van der Waals surface area contributed by atoms with Crippen molar-refractivity contribution in [3.05, 3.63) is 23.0 Å². The monoisotopic (exact) mass is 371 g/mol. The molecule has 2 rings (SSSR count). The van der Waals surface area contributed by atoms with Gasteiger partial charge in [0.25, 0.3) is 0 Å². The van der Waals surface area contributed by atoms with Gasteiger partial charge in [-0.3, -0.25) is 9.78 Å². The molecule has 0 aliphatic heterocycles. The van der Waals surface area contributed by atoms with Crippen LogP contribution in [0.1, 0.15) is 62.8 Å². The van der Waals surface area contributed by atoms with Crippen LogP contribution >= 0.6 is 9.47 Å². The van der Waals surface area contributed by atoms with Crippen LogP contribution in [0.4, 0.5) is 0 Å². The Hall–Kier alpha value is -1.23. The zero-order valence-corrected chi connectivity index (χ0v) is 16.5. The van der Waals surface area contributed by atoms with Gasteiger partial charge < -0.3 is 19.5 Å². The minimum Gasteiger partial charge on any atom is -0.506 e. The van der Waals surface area contributed by atoms with Crippen LogP contribution in [0.2, 0.25) is 0 Å². The van der Waals surface area contributed by atoms with Crippen molar-refractivity contribution in [1.82, 2.24) is 4.98 Å². The van der Waals surface area contributed by atoms with Crippen molar-refractivity contribution in [2.24, 2.45) is 5.92 Å². The summed E-state index contributed by atoms with van der Waals surface area (Å²) in [6.45, 7) is 5.57. The van der Waals surface area contributed by atoms with Crippen LogP contribution in [0.5, 0.6) is 5.75 Å². The summed E-state index contributed by atoms with van der Waals surface area (Å²) in [5.74, 6) is 0.634. The number of aliphatic hydroxyl groups is 1. The molecule has 0 amide bonds. The van der Waals surface area contributed by atoms with Crippen molar-refractivity contribution in [3.8, 4) is 5.75 Å². The van der Waals surface area contributed by atoms with E-state index in [0.717, 1.165) is 0 Å². The highest BCUT2D eigenvalue weighted by molar-refractivity contribution is 7.09. The summed E-state index contributed by atoms with van der Waals surface area (Å²) in [5.41, 5.74) is 1.69. The number of carbonyl (C=O) groups excluding carboxylic acids is 1. The summed E-state index contributed by atoms with van der Waals surface area (Å²) in [6, 6.07) is 0. The molecule has 1 aliphatic carbocycles. The van der Waals surface area contributed by atoms with E-state index in [4.69, 9.17) is 14.4 Å². The Morgan fingerprint density at radius 1 is 1.40 bits per heavy atom. The molecule has 0 spiro atoms. The van der Waals surface area contributed by atoms with Crippen molar-refractivity contribution < 1.29 is 24.3 Å². The summed E-state index contributed by atoms with van der Waals surface area (Å²) in [6.07, 6.45) is 7.28. The smallest absolute Gasteiger partial charge is 0.306 e. The number of hydrogen-bond acceptors (Lipinski definition) is 6. The molecule has 1 aliphatic rings. The van der Waals surface area contributed by atoms with Crippen molar-refractivity contribution in [2.75, 3.05) is 0 Å². The van der Waals surface area contributed by atoms with Gasteiger partial charge in [0.05, 0.1) is 25.0 Å². The molecule has 2 N–H and O–H groups in total. The fourth-order valence-corrected chi connectivity index (χ4v) is 3.02. The average molecular weight is 371 g/mol. The number of hydrogen-bond donors (Lipinski definition) is 2. The Labute approximate surface area is 152 Å². The second-order valence-corrected chi connectivity index (χ2v) is 6.89. The molecule has 142 valence electrons. The zero-order chi connectivity index (χ0) is 18.8. The van der Waals surface area contributed by atoms with Crippen LogP contribution in [0.15, 0.2) is 6.20 Å². The number of carbonyl (C=O) groups is 1. The number of nitrogens with zero attached hydrogens (tertiary/aromatic N) is 1. The summed E-state index contributed by atoms with van der Waals surface area (Å²) in [4.78, 5) is 15.1. The largest absolute Gasteiger partial charge is 0.506 e. The number of pyridine rings is 1. The minimum absolute atomic E-state index is 0.0168. The molecule has 1 unspecified atom stereocenters. The number of rotatable bonds is 6. The van der Waals surface area contributed by atoms with E-state index in [1.165, 1.54) is 25.7 Å². The van der Waals surface area contributed by atoms with E-state index in [2.05, 4.69) is 14.5 Å². The van der Waals surface area contributed by atoms with Crippen LogP contribution in [-0.4, -0.2) is 27.3 Å². The lowest BCUT2D eigenvalue weighted by molar-refractivity contribution is -0.148. The maximum absolute atomic E-state index is 11.2. The van der Waals surface area contributed by atoms with E-state index in [9.17, 15) is 9.90 Å². The number of ether oxygens (including phenoxy) is 1. The Balaban J connectivity index is 0.000000251. The molecule has 1 aromatic rings. The van der Waals surface area contributed by atoms with Crippen molar-refractivity contribution in [3.63, 3.8) is 0 Å². The fraction of sp³-hybridized carbons (Fsp3) is 0.667. The van der Waals surface area contributed by atoms with Crippen molar-refractivity contribution in [1.29, 1.82) is 0 Å². The number of aryl methyl sites for hydroxylation is 1. The highest BCUT2D eigenvalue weighted by Gasteiger charge is 2.19. The van der Waals surface area contributed by atoms with E-state index >= 15 is 0 Å². The lowest BCUT2D eigenvalue weighted by atomic mass is 10.0. The molecule has 6 nitrogen and oxygen atoms in total. The molecule has 0 aromatic carbocycles. The number of aromatic hydroxyl groups is 1. The number of esters is 1. The van der Waals surface area contributed by atoms with Gasteiger partial charge in [0.15, 0.2) is 0 Å². The topological polar surface area (TPSA) is 88.9 Å². The summed E-state index contributed by atoms with van der Waals surface area (Å²) in [5, 5.41) is 18.5. The Bertz CT molecular complexity index is 545. The maximum atomic E-state index is 11.2. The molecular weight excluding hydrogens is 341 g/mol. The van der Waals surface area contributed by atoms with E-state index < -0.39 is 0 Å². The average Bonchev–Trinajstić information content (AvgIpc) is 3.04. The van der Waals surface area contributed by atoms with E-state index in [0.29, 0.717) is 35.8 Å². The van der Waals surface area contributed by atoms with Crippen LogP contribution in [-0.2, 0) is 27.3 Å². The number of aromatic nitrogens is 1. The Morgan fingerprint density at radius 3 is 2.56 bits per heavy atom. The predicted molar refractivity (Wildman–Crippen MR) is 98.9 cm³/mol. The van der Waals surface area contributed by atoms with Gasteiger partial charge in [0.1, 0.15) is 5.75 Å². The third kappa shape index (κ3) is 7.68. The molecule has 1 aromatic heterocycles. The van der Waals surface area contributed by atoms with E-state index in [1.807, 2.05) is 13.8 Å². The first kappa shape index (κ1) is 21.8. The minimum atomic E-state index is -0.210.